The van der Waals surface area contributed by atoms with E-state index in [4.69, 9.17) is 18.9 Å². The highest BCUT2D eigenvalue weighted by Crippen LogP contribution is 2.31. The second-order valence-electron chi connectivity index (χ2n) is 5.96. The molecule has 0 aromatic heterocycles. The number of esters is 2. The van der Waals surface area contributed by atoms with Crippen molar-refractivity contribution in [2.24, 2.45) is 5.92 Å². The van der Waals surface area contributed by atoms with Crippen molar-refractivity contribution in [3.8, 4) is 11.5 Å². The molecule has 28 heavy (non-hydrogen) atoms. The third-order valence-corrected chi connectivity index (χ3v) is 4.38. The van der Waals surface area contributed by atoms with Crippen molar-refractivity contribution < 1.29 is 28.5 Å². The zero-order valence-electron chi connectivity index (χ0n) is 16.4. The van der Waals surface area contributed by atoms with Gasteiger partial charge < -0.3 is 18.9 Å². The molecule has 0 radical (unpaired) electrons. The molecule has 2 aromatic carbocycles. The Morgan fingerprint density at radius 2 is 1.21 bits per heavy atom. The molecule has 0 saturated heterocycles. The molecular weight excluding hydrogens is 360 g/mol. The Morgan fingerprint density at radius 3 is 1.64 bits per heavy atom. The molecule has 2 aromatic rings. The first kappa shape index (κ1) is 21.0. The number of benzene rings is 2. The predicted octanol–water partition coefficient (Wildman–Crippen LogP) is 3.46. The lowest BCUT2D eigenvalue weighted by Gasteiger charge is -2.21. The fourth-order valence-corrected chi connectivity index (χ4v) is 2.81. The number of hydrogen-bond acceptors (Lipinski definition) is 6. The minimum absolute atomic E-state index is 0.576. The molecule has 0 aliphatic carbocycles. The smallest absolute Gasteiger partial charge is 0.321 e. The highest BCUT2D eigenvalue weighted by atomic mass is 16.5. The standard InChI is InChI=1S/C22H24O6/c1-25-17-10-5-15(6-11-17)7-14-19(16-8-12-18(26-2)13-9-16)20(21(23)27-3)22(24)28-4/h5-14,19-20H,1-4H3/b14-7+. The normalized spacial score (nSPS) is 11.9. The Hall–Kier alpha value is -3.28. The Labute approximate surface area is 164 Å². The summed E-state index contributed by atoms with van der Waals surface area (Å²) in [5.41, 5.74) is 1.65. The van der Waals surface area contributed by atoms with Crippen molar-refractivity contribution in [1.82, 2.24) is 0 Å². The maximum Gasteiger partial charge on any atom is 0.321 e. The van der Waals surface area contributed by atoms with Gasteiger partial charge in [-0.2, -0.15) is 0 Å². The third kappa shape index (κ3) is 5.13. The number of rotatable bonds is 8. The van der Waals surface area contributed by atoms with Gasteiger partial charge in [0.1, 0.15) is 11.5 Å². The minimum atomic E-state index is -1.13. The van der Waals surface area contributed by atoms with Gasteiger partial charge in [0, 0.05) is 5.92 Å². The van der Waals surface area contributed by atoms with Crippen LogP contribution in [0.2, 0.25) is 0 Å². The third-order valence-electron chi connectivity index (χ3n) is 4.38. The maximum absolute atomic E-state index is 12.3. The van der Waals surface area contributed by atoms with E-state index < -0.39 is 23.8 Å². The molecule has 6 heteroatoms. The highest BCUT2D eigenvalue weighted by Gasteiger charge is 2.36. The number of methoxy groups -OCH3 is 4. The van der Waals surface area contributed by atoms with Crippen LogP contribution in [-0.2, 0) is 19.1 Å². The van der Waals surface area contributed by atoms with E-state index in [0.717, 1.165) is 16.9 Å². The van der Waals surface area contributed by atoms with Crippen molar-refractivity contribution in [3.63, 3.8) is 0 Å². The molecule has 0 saturated carbocycles. The zero-order chi connectivity index (χ0) is 20.5. The van der Waals surface area contributed by atoms with E-state index in [1.807, 2.05) is 30.3 Å². The number of ether oxygens (including phenoxy) is 4. The monoisotopic (exact) mass is 384 g/mol. The van der Waals surface area contributed by atoms with E-state index in [1.165, 1.54) is 14.2 Å². The molecule has 0 heterocycles. The quantitative estimate of drug-likeness (QED) is 0.513. The van der Waals surface area contributed by atoms with Crippen molar-refractivity contribution in [3.05, 3.63) is 65.7 Å². The molecule has 6 nitrogen and oxygen atoms in total. The van der Waals surface area contributed by atoms with Gasteiger partial charge in [0.15, 0.2) is 5.92 Å². The predicted molar refractivity (Wildman–Crippen MR) is 105 cm³/mol. The summed E-state index contributed by atoms with van der Waals surface area (Å²) in [5, 5.41) is 0. The van der Waals surface area contributed by atoms with Crippen LogP contribution in [0.25, 0.3) is 6.08 Å². The fraction of sp³-hybridized carbons (Fsp3) is 0.273. The number of hydrogen-bond donors (Lipinski definition) is 0. The summed E-state index contributed by atoms with van der Waals surface area (Å²) in [6.07, 6.45) is 3.63. The Kier molecular flexibility index (Phi) is 7.63. The van der Waals surface area contributed by atoms with Crippen molar-refractivity contribution in [1.29, 1.82) is 0 Å². The zero-order valence-corrected chi connectivity index (χ0v) is 16.4. The molecule has 0 amide bonds. The summed E-state index contributed by atoms with van der Waals surface area (Å²) >= 11 is 0. The first-order valence-corrected chi connectivity index (χ1v) is 8.66. The van der Waals surface area contributed by atoms with Crippen LogP contribution in [0.15, 0.2) is 54.6 Å². The summed E-state index contributed by atoms with van der Waals surface area (Å²) in [6.45, 7) is 0. The van der Waals surface area contributed by atoms with Crippen molar-refractivity contribution >= 4 is 18.0 Å². The summed E-state index contributed by atoms with van der Waals surface area (Å²) in [5.74, 6) is -1.61. The van der Waals surface area contributed by atoms with Gasteiger partial charge >= 0.3 is 11.9 Å². The number of carbonyl (C=O) groups excluding carboxylic acids is 2. The molecule has 1 unspecified atom stereocenters. The van der Waals surface area contributed by atoms with Gasteiger partial charge in [0.2, 0.25) is 0 Å². The average Bonchev–Trinajstić information content (AvgIpc) is 2.76. The lowest BCUT2D eigenvalue weighted by Crippen LogP contribution is -2.31. The van der Waals surface area contributed by atoms with Gasteiger partial charge in [-0.1, -0.05) is 36.4 Å². The van der Waals surface area contributed by atoms with Crippen molar-refractivity contribution in [2.75, 3.05) is 28.4 Å². The first-order valence-electron chi connectivity index (χ1n) is 8.66. The van der Waals surface area contributed by atoms with E-state index in [2.05, 4.69) is 0 Å². The Morgan fingerprint density at radius 1 is 0.750 bits per heavy atom. The van der Waals surface area contributed by atoms with Gasteiger partial charge in [-0.3, -0.25) is 9.59 Å². The van der Waals surface area contributed by atoms with Crippen LogP contribution in [0.5, 0.6) is 11.5 Å². The van der Waals surface area contributed by atoms with Crippen LogP contribution in [0.3, 0.4) is 0 Å². The van der Waals surface area contributed by atoms with Crippen molar-refractivity contribution in [2.45, 2.75) is 5.92 Å². The average molecular weight is 384 g/mol. The van der Waals surface area contributed by atoms with Gasteiger partial charge in [0.05, 0.1) is 28.4 Å². The van der Waals surface area contributed by atoms with Gasteiger partial charge in [-0.15, -0.1) is 0 Å². The van der Waals surface area contributed by atoms with Crippen LogP contribution in [-0.4, -0.2) is 40.4 Å². The number of allylic oxidation sites excluding steroid dienone is 1. The molecular formula is C22H24O6. The summed E-state index contributed by atoms with van der Waals surface area (Å²) in [4.78, 5) is 24.7. The topological polar surface area (TPSA) is 71.1 Å². The largest absolute Gasteiger partial charge is 0.497 e. The Balaban J connectivity index is 2.44. The SMILES string of the molecule is COC(=O)C(C(=O)OC)C(/C=C/c1ccc(OC)cc1)c1ccc(OC)cc1. The molecule has 2 rings (SSSR count). The van der Waals surface area contributed by atoms with E-state index in [1.54, 1.807) is 44.6 Å². The van der Waals surface area contributed by atoms with Crippen LogP contribution in [0, 0.1) is 5.92 Å². The lowest BCUT2D eigenvalue weighted by molar-refractivity contribution is -0.159. The minimum Gasteiger partial charge on any atom is -0.497 e. The molecule has 0 fully saturated rings. The molecule has 148 valence electrons. The van der Waals surface area contributed by atoms with Crippen LogP contribution < -0.4 is 9.47 Å². The van der Waals surface area contributed by atoms with Gasteiger partial charge in [-0.05, 0) is 35.4 Å². The first-order chi connectivity index (χ1) is 13.5. The second-order valence-corrected chi connectivity index (χ2v) is 5.96. The number of carbonyl (C=O) groups is 2. The van der Waals surface area contributed by atoms with E-state index >= 15 is 0 Å². The van der Waals surface area contributed by atoms with E-state index in [9.17, 15) is 9.59 Å². The lowest BCUT2D eigenvalue weighted by atomic mass is 9.85. The van der Waals surface area contributed by atoms with Gasteiger partial charge in [0.25, 0.3) is 0 Å². The molecule has 0 N–H and O–H groups in total. The maximum atomic E-state index is 12.3. The van der Waals surface area contributed by atoms with Crippen LogP contribution in [0.1, 0.15) is 17.0 Å². The molecule has 1 atom stereocenters. The van der Waals surface area contributed by atoms with E-state index in [0.29, 0.717) is 5.75 Å². The molecule has 0 bridgehead atoms. The summed E-state index contributed by atoms with van der Waals surface area (Å²) in [7, 11) is 5.66. The van der Waals surface area contributed by atoms with E-state index in [-0.39, 0.29) is 0 Å². The fourth-order valence-electron chi connectivity index (χ4n) is 2.81. The molecule has 0 aliphatic heterocycles. The highest BCUT2D eigenvalue weighted by molar-refractivity contribution is 5.96. The van der Waals surface area contributed by atoms with Crippen LogP contribution in [0.4, 0.5) is 0 Å². The summed E-state index contributed by atoms with van der Waals surface area (Å²) in [6, 6.07) is 14.6. The summed E-state index contributed by atoms with van der Waals surface area (Å²) < 4.78 is 20.0. The molecule has 0 aliphatic rings. The second kappa shape index (κ2) is 10.2. The molecule has 0 spiro atoms. The van der Waals surface area contributed by atoms with Crippen LogP contribution >= 0.6 is 0 Å². The Bertz CT molecular complexity index is 792. The van der Waals surface area contributed by atoms with Gasteiger partial charge in [-0.25, -0.2) is 0 Å².